The van der Waals surface area contributed by atoms with Gasteiger partial charge in [0.25, 0.3) is 0 Å². The largest absolute Gasteiger partial charge is 0.247 e. The quantitative estimate of drug-likeness (QED) is 0.697. The van der Waals surface area contributed by atoms with E-state index in [-0.39, 0.29) is 5.92 Å². The number of benzene rings is 1. The molecule has 1 aromatic rings. The van der Waals surface area contributed by atoms with E-state index in [0.29, 0.717) is 0 Å². The van der Waals surface area contributed by atoms with Crippen LogP contribution in [0.1, 0.15) is 37.2 Å². The lowest BCUT2D eigenvalue weighted by Gasteiger charge is -2.26. The molecule has 1 fully saturated rings. The van der Waals surface area contributed by atoms with E-state index in [9.17, 15) is 4.39 Å². The number of rotatable bonds is 1. The average Bonchev–Trinajstić information content (AvgIpc) is 2.18. The zero-order valence-electron chi connectivity index (χ0n) is 8.05. The minimum atomic E-state index is -0.641. The Morgan fingerprint density at radius 3 is 2.71 bits per heavy atom. The maximum atomic E-state index is 13.7. The van der Waals surface area contributed by atoms with E-state index < -0.39 is 6.17 Å². The molecule has 2 heteroatoms. The Labute approximate surface area is 92.6 Å². The van der Waals surface area contributed by atoms with Crippen molar-refractivity contribution in [3.8, 4) is 0 Å². The highest BCUT2D eigenvalue weighted by atomic mass is 79.9. The lowest BCUT2D eigenvalue weighted by atomic mass is 9.83. The van der Waals surface area contributed by atoms with E-state index >= 15 is 0 Å². The molecular weight excluding hydrogens is 243 g/mol. The summed E-state index contributed by atoms with van der Waals surface area (Å²) in [5, 5.41) is 0. The second-order valence-electron chi connectivity index (χ2n) is 3.96. The first-order chi connectivity index (χ1) is 6.77. The van der Waals surface area contributed by atoms with Gasteiger partial charge in [-0.25, -0.2) is 4.39 Å². The third-order valence-electron chi connectivity index (χ3n) is 2.96. The van der Waals surface area contributed by atoms with Crippen molar-refractivity contribution in [3.05, 3.63) is 34.3 Å². The topological polar surface area (TPSA) is 0 Å². The Kier molecular flexibility index (Phi) is 3.22. The second kappa shape index (κ2) is 4.43. The van der Waals surface area contributed by atoms with Crippen molar-refractivity contribution in [2.75, 3.05) is 0 Å². The van der Waals surface area contributed by atoms with Crippen LogP contribution in [0.4, 0.5) is 4.39 Å². The standard InChI is InChI=1S/C12H14BrF/c13-10-5-3-4-9(8-10)11-6-1-2-7-12(11)14/h3-5,8,11-12H,1-2,6-7H2. The highest BCUT2D eigenvalue weighted by Crippen LogP contribution is 2.35. The Bertz CT molecular complexity index is 311. The lowest BCUT2D eigenvalue weighted by Crippen LogP contribution is -2.18. The highest BCUT2D eigenvalue weighted by Gasteiger charge is 2.25. The van der Waals surface area contributed by atoms with Gasteiger partial charge in [-0.05, 0) is 30.5 Å². The van der Waals surface area contributed by atoms with E-state index in [1.807, 2.05) is 24.3 Å². The molecule has 2 rings (SSSR count). The number of halogens is 2. The Hall–Kier alpha value is -0.370. The fourth-order valence-electron chi connectivity index (χ4n) is 2.20. The third kappa shape index (κ3) is 2.17. The molecule has 0 nitrogen and oxygen atoms in total. The van der Waals surface area contributed by atoms with E-state index in [1.54, 1.807) is 0 Å². The van der Waals surface area contributed by atoms with Gasteiger partial charge in [0.1, 0.15) is 6.17 Å². The fourth-order valence-corrected chi connectivity index (χ4v) is 2.62. The van der Waals surface area contributed by atoms with Gasteiger partial charge < -0.3 is 0 Å². The van der Waals surface area contributed by atoms with Gasteiger partial charge in [-0.1, -0.05) is 40.9 Å². The summed E-state index contributed by atoms with van der Waals surface area (Å²) < 4.78 is 14.7. The van der Waals surface area contributed by atoms with Gasteiger partial charge in [-0.15, -0.1) is 0 Å². The molecule has 0 N–H and O–H groups in total. The van der Waals surface area contributed by atoms with Crippen molar-refractivity contribution < 1.29 is 4.39 Å². The predicted octanol–water partition coefficient (Wildman–Crippen LogP) is 4.44. The molecule has 0 heterocycles. The summed E-state index contributed by atoms with van der Waals surface area (Å²) in [6.45, 7) is 0. The second-order valence-corrected chi connectivity index (χ2v) is 4.88. The van der Waals surface area contributed by atoms with Crippen LogP contribution in [-0.2, 0) is 0 Å². The maximum Gasteiger partial charge on any atom is 0.107 e. The van der Waals surface area contributed by atoms with Crippen LogP contribution >= 0.6 is 15.9 Å². The summed E-state index contributed by atoms with van der Waals surface area (Å²) in [5.74, 6) is 0.126. The Morgan fingerprint density at radius 2 is 2.00 bits per heavy atom. The number of hydrogen-bond acceptors (Lipinski definition) is 0. The molecule has 0 aromatic heterocycles. The summed E-state index contributed by atoms with van der Waals surface area (Å²) in [6.07, 6.45) is 3.30. The van der Waals surface area contributed by atoms with E-state index in [2.05, 4.69) is 15.9 Å². The van der Waals surface area contributed by atoms with Crippen molar-refractivity contribution in [2.45, 2.75) is 37.8 Å². The molecule has 0 saturated heterocycles. The van der Waals surface area contributed by atoms with Crippen molar-refractivity contribution >= 4 is 15.9 Å². The van der Waals surface area contributed by atoms with Crippen molar-refractivity contribution in [1.82, 2.24) is 0 Å². The van der Waals surface area contributed by atoms with E-state index in [1.165, 1.54) is 0 Å². The van der Waals surface area contributed by atoms with E-state index in [0.717, 1.165) is 35.7 Å². The van der Waals surface area contributed by atoms with Gasteiger partial charge in [0.05, 0.1) is 0 Å². The van der Waals surface area contributed by atoms with Crippen molar-refractivity contribution in [3.63, 3.8) is 0 Å². The van der Waals surface area contributed by atoms with Gasteiger partial charge in [0.15, 0.2) is 0 Å². The van der Waals surface area contributed by atoms with Gasteiger partial charge in [0.2, 0.25) is 0 Å². The van der Waals surface area contributed by atoms with Crippen molar-refractivity contribution in [2.24, 2.45) is 0 Å². The molecule has 76 valence electrons. The van der Waals surface area contributed by atoms with Crippen LogP contribution in [-0.4, -0.2) is 6.17 Å². The fraction of sp³-hybridized carbons (Fsp3) is 0.500. The zero-order chi connectivity index (χ0) is 9.97. The zero-order valence-corrected chi connectivity index (χ0v) is 9.63. The Morgan fingerprint density at radius 1 is 1.21 bits per heavy atom. The normalized spacial score (nSPS) is 27.6. The van der Waals surface area contributed by atoms with Gasteiger partial charge >= 0.3 is 0 Å². The molecule has 0 aliphatic heterocycles. The van der Waals surface area contributed by atoms with Crippen LogP contribution in [0.2, 0.25) is 0 Å². The summed E-state index contributed by atoms with van der Waals surface area (Å²) in [5.41, 5.74) is 1.14. The van der Waals surface area contributed by atoms with Crippen LogP contribution < -0.4 is 0 Å². The smallest absolute Gasteiger partial charge is 0.107 e. The summed E-state index contributed by atoms with van der Waals surface area (Å²) in [7, 11) is 0. The molecule has 0 amide bonds. The molecule has 0 radical (unpaired) electrons. The maximum absolute atomic E-state index is 13.7. The van der Waals surface area contributed by atoms with Crippen LogP contribution in [0.5, 0.6) is 0 Å². The molecule has 0 bridgehead atoms. The number of hydrogen-bond donors (Lipinski definition) is 0. The molecule has 1 saturated carbocycles. The van der Waals surface area contributed by atoms with Crippen molar-refractivity contribution in [1.29, 1.82) is 0 Å². The molecular formula is C12H14BrF. The summed E-state index contributed by atoms with van der Waals surface area (Å²) >= 11 is 3.43. The minimum absolute atomic E-state index is 0.126. The summed E-state index contributed by atoms with van der Waals surface area (Å²) in [4.78, 5) is 0. The molecule has 1 aliphatic rings. The molecule has 14 heavy (non-hydrogen) atoms. The predicted molar refractivity (Wildman–Crippen MR) is 60.2 cm³/mol. The SMILES string of the molecule is FC1CCCCC1c1cccc(Br)c1. The van der Waals surface area contributed by atoms with Gasteiger partial charge in [0, 0.05) is 10.4 Å². The third-order valence-corrected chi connectivity index (χ3v) is 3.45. The molecule has 1 aliphatic carbocycles. The molecule has 2 unspecified atom stereocenters. The van der Waals surface area contributed by atoms with Crippen LogP contribution in [0.25, 0.3) is 0 Å². The lowest BCUT2D eigenvalue weighted by molar-refractivity contribution is 0.216. The van der Waals surface area contributed by atoms with Gasteiger partial charge in [-0.3, -0.25) is 0 Å². The van der Waals surface area contributed by atoms with E-state index in [4.69, 9.17) is 0 Å². The average molecular weight is 257 g/mol. The Balaban J connectivity index is 2.20. The minimum Gasteiger partial charge on any atom is -0.247 e. The van der Waals surface area contributed by atoms with Crippen LogP contribution in [0.3, 0.4) is 0 Å². The summed E-state index contributed by atoms with van der Waals surface area (Å²) in [6, 6.07) is 8.05. The first-order valence-electron chi connectivity index (χ1n) is 5.17. The van der Waals surface area contributed by atoms with Crippen LogP contribution in [0, 0.1) is 0 Å². The highest BCUT2D eigenvalue weighted by molar-refractivity contribution is 9.10. The van der Waals surface area contributed by atoms with Crippen LogP contribution in [0.15, 0.2) is 28.7 Å². The molecule has 1 aromatic carbocycles. The monoisotopic (exact) mass is 256 g/mol. The number of alkyl halides is 1. The first-order valence-corrected chi connectivity index (χ1v) is 5.96. The van der Waals surface area contributed by atoms with Gasteiger partial charge in [-0.2, -0.15) is 0 Å². The molecule has 0 spiro atoms. The first kappa shape index (κ1) is 10.2. The molecule has 2 atom stereocenters.